The van der Waals surface area contributed by atoms with Crippen LogP contribution < -0.4 is 11.1 Å². The first-order chi connectivity index (χ1) is 14.4. The van der Waals surface area contributed by atoms with Crippen molar-refractivity contribution < 1.29 is 14.1 Å². The third-order valence-electron chi connectivity index (χ3n) is 5.29. The molecule has 0 radical (unpaired) electrons. The Bertz CT molecular complexity index is 1150. The smallest absolute Gasteiger partial charge is 0.407 e. The Hall–Kier alpha value is -3.13. The zero-order valence-electron chi connectivity index (χ0n) is 16.0. The van der Waals surface area contributed by atoms with Crippen molar-refractivity contribution in [3.8, 4) is 0 Å². The second-order valence-corrected chi connectivity index (χ2v) is 7.90. The second-order valence-electron chi connectivity index (χ2n) is 7.47. The van der Waals surface area contributed by atoms with Crippen LogP contribution in [0.4, 0.5) is 5.69 Å². The predicted molar refractivity (Wildman–Crippen MR) is 111 cm³/mol. The van der Waals surface area contributed by atoms with Crippen LogP contribution in [0.15, 0.2) is 51.7 Å². The number of nitro benzene ring substituents is 1. The number of non-ortho nitro benzene ring substituents is 1. The quantitative estimate of drug-likeness (QED) is 0.426. The number of nitrogens with zero attached hydrogens (tertiary/aromatic N) is 2. The lowest BCUT2D eigenvalue weighted by atomic mass is 10.0. The first-order valence-corrected chi connectivity index (χ1v) is 10.1. The van der Waals surface area contributed by atoms with Gasteiger partial charge in [-0.3, -0.25) is 19.5 Å². The molecular weight excluding hydrogens is 410 g/mol. The number of hydrogen-bond acceptors (Lipinski definition) is 5. The van der Waals surface area contributed by atoms with Crippen LogP contribution in [-0.4, -0.2) is 15.4 Å². The summed E-state index contributed by atoms with van der Waals surface area (Å²) in [7, 11) is 0. The van der Waals surface area contributed by atoms with Crippen molar-refractivity contribution in [1.29, 1.82) is 0 Å². The van der Waals surface area contributed by atoms with E-state index in [0.29, 0.717) is 22.9 Å². The highest BCUT2D eigenvalue weighted by Gasteiger charge is 2.33. The summed E-state index contributed by atoms with van der Waals surface area (Å²) in [6, 6.07) is 11.5. The van der Waals surface area contributed by atoms with E-state index in [0.717, 1.165) is 18.4 Å². The Labute approximate surface area is 176 Å². The molecule has 1 aliphatic rings. The summed E-state index contributed by atoms with van der Waals surface area (Å²) in [5.41, 5.74) is 1.53. The third kappa shape index (κ3) is 4.38. The first kappa shape index (κ1) is 20.2. The third-order valence-corrected chi connectivity index (χ3v) is 5.54. The zero-order valence-corrected chi connectivity index (χ0v) is 16.8. The Morgan fingerprint density at radius 2 is 2.00 bits per heavy atom. The number of rotatable bonds is 8. The summed E-state index contributed by atoms with van der Waals surface area (Å²) >= 11 is 5.96. The summed E-state index contributed by atoms with van der Waals surface area (Å²) in [4.78, 5) is 34.9. The maximum atomic E-state index is 12.5. The molecule has 1 saturated carbocycles. The maximum Gasteiger partial charge on any atom is 0.419 e. The summed E-state index contributed by atoms with van der Waals surface area (Å²) < 4.78 is 6.50. The minimum Gasteiger partial charge on any atom is -0.407 e. The fraction of sp³-hybridized carbons (Fsp3) is 0.333. The van der Waals surface area contributed by atoms with Crippen molar-refractivity contribution in [1.82, 2.24) is 9.88 Å². The maximum absolute atomic E-state index is 12.5. The number of benzene rings is 2. The van der Waals surface area contributed by atoms with Crippen molar-refractivity contribution in [2.24, 2.45) is 5.92 Å². The number of fused-ring (bicyclic) bond motifs is 1. The standard InChI is InChI=1S/C21H20ClN3O5/c22-15-7-5-14(6-8-15)20(13-3-4-13)23-19(26)2-1-11-24-17-10-9-16(25(28)29)12-18(17)30-21(24)27/h5-10,12-13,20H,1-4,11H2,(H,23,26). The van der Waals surface area contributed by atoms with E-state index in [1.165, 1.54) is 22.8 Å². The molecular formula is C21H20ClN3O5. The van der Waals surface area contributed by atoms with E-state index in [1.807, 2.05) is 24.3 Å². The molecule has 9 heteroatoms. The van der Waals surface area contributed by atoms with Gasteiger partial charge in [0.1, 0.15) is 0 Å². The van der Waals surface area contributed by atoms with Gasteiger partial charge in [0, 0.05) is 24.1 Å². The number of nitrogens with one attached hydrogen (secondary N) is 1. The van der Waals surface area contributed by atoms with Crippen molar-refractivity contribution in [3.63, 3.8) is 0 Å². The molecule has 1 aromatic heterocycles. The van der Waals surface area contributed by atoms with Crippen molar-refractivity contribution >= 4 is 34.3 Å². The molecule has 1 fully saturated rings. The number of aromatic nitrogens is 1. The molecule has 1 N–H and O–H groups in total. The summed E-state index contributed by atoms with van der Waals surface area (Å²) in [6.07, 6.45) is 2.85. The minimum atomic E-state index is -0.595. The Morgan fingerprint density at radius 1 is 1.27 bits per heavy atom. The van der Waals surface area contributed by atoms with Gasteiger partial charge in [-0.2, -0.15) is 0 Å². The van der Waals surface area contributed by atoms with Crippen LogP contribution in [0.25, 0.3) is 11.1 Å². The molecule has 8 nitrogen and oxygen atoms in total. The number of amides is 1. The van der Waals surface area contributed by atoms with E-state index in [-0.39, 0.29) is 36.2 Å². The molecule has 156 valence electrons. The minimum absolute atomic E-state index is 0.0345. The van der Waals surface area contributed by atoms with Crippen LogP contribution in [-0.2, 0) is 11.3 Å². The average molecular weight is 430 g/mol. The van der Waals surface area contributed by atoms with Gasteiger partial charge in [-0.05, 0) is 48.9 Å². The molecule has 1 amide bonds. The van der Waals surface area contributed by atoms with Crippen molar-refractivity contribution in [2.75, 3.05) is 0 Å². The first-order valence-electron chi connectivity index (χ1n) is 9.75. The second kappa shape index (κ2) is 8.31. The Kier molecular flexibility index (Phi) is 5.59. The van der Waals surface area contributed by atoms with E-state index >= 15 is 0 Å². The predicted octanol–water partition coefficient (Wildman–Crippen LogP) is 4.20. The molecule has 3 aromatic rings. The lowest BCUT2D eigenvalue weighted by Gasteiger charge is -2.19. The van der Waals surface area contributed by atoms with Crippen LogP contribution in [0.3, 0.4) is 0 Å². The molecule has 0 bridgehead atoms. The van der Waals surface area contributed by atoms with Gasteiger partial charge in [0.25, 0.3) is 5.69 Å². The summed E-state index contributed by atoms with van der Waals surface area (Å²) in [6.45, 7) is 0.284. The van der Waals surface area contributed by atoms with Gasteiger partial charge in [-0.25, -0.2) is 4.79 Å². The highest BCUT2D eigenvalue weighted by Crippen LogP contribution is 2.41. The van der Waals surface area contributed by atoms with Gasteiger partial charge in [-0.1, -0.05) is 23.7 Å². The van der Waals surface area contributed by atoms with Crippen LogP contribution in [0.1, 0.15) is 37.3 Å². The SMILES string of the molecule is O=C(CCCn1c(=O)oc2cc([N+](=O)[O-])ccc21)NC(c1ccc(Cl)cc1)C1CC1. The van der Waals surface area contributed by atoms with E-state index in [1.54, 1.807) is 0 Å². The molecule has 1 atom stereocenters. The largest absolute Gasteiger partial charge is 0.419 e. The number of halogens is 1. The number of nitro groups is 1. The Balaban J connectivity index is 1.38. The summed E-state index contributed by atoms with van der Waals surface area (Å²) in [5, 5.41) is 14.6. The fourth-order valence-corrected chi connectivity index (χ4v) is 3.72. The van der Waals surface area contributed by atoms with Crippen LogP contribution in [0.5, 0.6) is 0 Å². The molecule has 4 rings (SSSR count). The number of carbonyl (C=O) groups excluding carboxylic acids is 1. The van der Waals surface area contributed by atoms with Gasteiger partial charge >= 0.3 is 5.76 Å². The molecule has 2 aromatic carbocycles. The number of oxazole rings is 1. The van der Waals surface area contributed by atoms with Crippen molar-refractivity contribution in [2.45, 2.75) is 38.3 Å². The monoisotopic (exact) mass is 429 g/mol. The molecule has 0 spiro atoms. The highest BCUT2D eigenvalue weighted by atomic mass is 35.5. The molecule has 1 unspecified atom stereocenters. The van der Waals surface area contributed by atoms with Crippen LogP contribution in [0, 0.1) is 16.0 Å². The number of aryl methyl sites for hydroxylation is 1. The molecule has 0 aliphatic heterocycles. The summed E-state index contributed by atoms with van der Waals surface area (Å²) in [5.74, 6) is -0.243. The molecule has 30 heavy (non-hydrogen) atoms. The van der Waals surface area contributed by atoms with Gasteiger partial charge in [-0.15, -0.1) is 0 Å². The molecule has 1 aliphatic carbocycles. The van der Waals surface area contributed by atoms with Gasteiger partial charge in [0.2, 0.25) is 5.91 Å². The lowest BCUT2D eigenvalue weighted by Crippen LogP contribution is -2.30. The van der Waals surface area contributed by atoms with E-state index in [2.05, 4.69) is 5.32 Å². The van der Waals surface area contributed by atoms with Gasteiger partial charge in [0.15, 0.2) is 5.58 Å². The Morgan fingerprint density at radius 3 is 2.67 bits per heavy atom. The average Bonchev–Trinajstić information content (AvgIpc) is 3.51. The lowest BCUT2D eigenvalue weighted by molar-refractivity contribution is -0.384. The highest BCUT2D eigenvalue weighted by molar-refractivity contribution is 6.30. The topological polar surface area (TPSA) is 107 Å². The van der Waals surface area contributed by atoms with Crippen LogP contribution >= 0.6 is 11.6 Å². The normalized spacial score (nSPS) is 14.6. The number of hydrogen-bond donors (Lipinski definition) is 1. The number of carbonyl (C=O) groups is 1. The van der Waals surface area contributed by atoms with E-state index in [4.69, 9.17) is 16.0 Å². The van der Waals surface area contributed by atoms with Crippen molar-refractivity contribution in [3.05, 3.63) is 73.7 Å². The van der Waals surface area contributed by atoms with E-state index < -0.39 is 10.7 Å². The fourth-order valence-electron chi connectivity index (χ4n) is 3.60. The zero-order chi connectivity index (χ0) is 21.3. The molecule has 1 heterocycles. The molecule has 0 saturated heterocycles. The van der Waals surface area contributed by atoms with E-state index in [9.17, 15) is 19.7 Å². The van der Waals surface area contributed by atoms with Gasteiger partial charge in [0.05, 0.1) is 22.5 Å². The van der Waals surface area contributed by atoms with Crippen LogP contribution in [0.2, 0.25) is 5.02 Å². The van der Waals surface area contributed by atoms with Gasteiger partial charge < -0.3 is 9.73 Å².